The van der Waals surface area contributed by atoms with Gasteiger partial charge in [-0.1, -0.05) is 25.7 Å². The van der Waals surface area contributed by atoms with Gasteiger partial charge in [-0.3, -0.25) is 0 Å². The van der Waals surface area contributed by atoms with Crippen LogP contribution in [0.3, 0.4) is 0 Å². The zero-order valence-corrected chi connectivity index (χ0v) is 9.71. The van der Waals surface area contributed by atoms with Crippen LogP contribution in [0.15, 0.2) is 0 Å². The SMILES string of the molecule is CC1(C=O)CCC(C2CCCCCC2)O1. The van der Waals surface area contributed by atoms with Crippen LogP contribution in [0.25, 0.3) is 0 Å². The van der Waals surface area contributed by atoms with Crippen LogP contribution in [0.2, 0.25) is 0 Å². The molecule has 0 spiro atoms. The lowest BCUT2D eigenvalue weighted by Crippen LogP contribution is -2.29. The van der Waals surface area contributed by atoms with E-state index >= 15 is 0 Å². The molecular weight excluding hydrogens is 188 g/mol. The number of aldehydes is 1. The third-order valence-corrected chi connectivity index (χ3v) is 4.02. The van der Waals surface area contributed by atoms with Crippen LogP contribution in [-0.2, 0) is 9.53 Å². The lowest BCUT2D eigenvalue weighted by Gasteiger charge is -2.24. The second kappa shape index (κ2) is 4.65. The summed E-state index contributed by atoms with van der Waals surface area (Å²) < 4.78 is 5.93. The van der Waals surface area contributed by atoms with E-state index in [1.165, 1.54) is 38.5 Å². The van der Waals surface area contributed by atoms with E-state index in [0.29, 0.717) is 12.0 Å². The van der Waals surface area contributed by atoms with Gasteiger partial charge in [-0.2, -0.15) is 0 Å². The molecule has 0 aromatic carbocycles. The largest absolute Gasteiger partial charge is 0.364 e. The molecule has 0 bridgehead atoms. The first-order valence-electron chi connectivity index (χ1n) is 6.38. The fourth-order valence-electron chi connectivity index (χ4n) is 2.99. The molecule has 0 aromatic heterocycles. The van der Waals surface area contributed by atoms with Gasteiger partial charge < -0.3 is 9.53 Å². The van der Waals surface area contributed by atoms with Gasteiger partial charge in [0.25, 0.3) is 0 Å². The van der Waals surface area contributed by atoms with Crippen LogP contribution in [0.1, 0.15) is 58.3 Å². The molecule has 0 N–H and O–H groups in total. The minimum Gasteiger partial charge on any atom is -0.364 e. The molecule has 2 unspecified atom stereocenters. The minimum absolute atomic E-state index is 0.360. The highest BCUT2D eigenvalue weighted by molar-refractivity contribution is 5.62. The molecule has 2 fully saturated rings. The van der Waals surface area contributed by atoms with Crippen molar-refractivity contribution in [1.29, 1.82) is 0 Å². The van der Waals surface area contributed by atoms with Gasteiger partial charge in [0.15, 0.2) is 6.29 Å². The van der Waals surface area contributed by atoms with Gasteiger partial charge in [-0.25, -0.2) is 0 Å². The molecule has 15 heavy (non-hydrogen) atoms. The normalized spacial score (nSPS) is 38.9. The Morgan fingerprint density at radius 3 is 2.33 bits per heavy atom. The lowest BCUT2D eigenvalue weighted by molar-refractivity contribution is -0.130. The van der Waals surface area contributed by atoms with Crippen molar-refractivity contribution in [3.8, 4) is 0 Å². The summed E-state index contributed by atoms with van der Waals surface area (Å²) in [7, 11) is 0. The third kappa shape index (κ3) is 2.60. The number of rotatable bonds is 2. The molecule has 0 radical (unpaired) electrons. The molecule has 2 atom stereocenters. The smallest absolute Gasteiger partial charge is 0.151 e. The van der Waals surface area contributed by atoms with E-state index in [4.69, 9.17) is 4.74 Å². The number of carbonyl (C=O) groups excluding carboxylic acids is 1. The molecular formula is C13H22O2. The maximum Gasteiger partial charge on any atom is 0.151 e. The van der Waals surface area contributed by atoms with Crippen molar-refractivity contribution in [1.82, 2.24) is 0 Å². The van der Waals surface area contributed by atoms with Crippen LogP contribution in [-0.4, -0.2) is 18.0 Å². The van der Waals surface area contributed by atoms with Crippen LogP contribution in [0, 0.1) is 5.92 Å². The first kappa shape index (κ1) is 11.1. The molecule has 2 rings (SSSR count). The number of hydrogen-bond acceptors (Lipinski definition) is 2. The Morgan fingerprint density at radius 1 is 1.13 bits per heavy atom. The van der Waals surface area contributed by atoms with Crippen LogP contribution < -0.4 is 0 Å². The fourth-order valence-corrected chi connectivity index (χ4v) is 2.99. The van der Waals surface area contributed by atoms with E-state index in [0.717, 1.165) is 19.1 Å². The van der Waals surface area contributed by atoms with Gasteiger partial charge >= 0.3 is 0 Å². The molecule has 2 nitrogen and oxygen atoms in total. The maximum atomic E-state index is 10.9. The highest BCUT2D eigenvalue weighted by Gasteiger charge is 2.39. The summed E-state index contributed by atoms with van der Waals surface area (Å²) in [6.07, 6.45) is 11.4. The van der Waals surface area contributed by atoms with Crippen molar-refractivity contribution < 1.29 is 9.53 Å². The quantitative estimate of drug-likeness (QED) is 0.517. The number of ether oxygens (including phenoxy) is 1. The molecule has 2 heteroatoms. The Hall–Kier alpha value is -0.370. The lowest BCUT2D eigenvalue weighted by atomic mass is 9.92. The zero-order valence-electron chi connectivity index (χ0n) is 9.71. The van der Waals surface area contributed by atoms with Crippen molar-refractivity contribution >= 4 is 6.29 Å². The first-order valence-corrected chi connectivity index (χ1v) is 6.38. The average Bonchev–Trinajstić information content (AvgIpc) is 2.50. The van der Waals surface area contributed by atoms with E-state index in [2.05, 4.69) is 0 Å². The highest BCUT2D eigenvalue weighted by Crippen LogP contribution is 2.37. The van der Waals surface area contributed by atoms with Crippen molar-refractivity contribution in [3.05, 3.63) is 0 Å². The Balaban J connectivity index is 1.91. The Kier molecular flexibility index (Phi) is 3.45. The van der Waals surface area contributed by atoms with E-state index in [1.54, 1.807) is 0 Å². The summed E-state index contributed by atoms with van der Waals surface area (Å²) >= 11 is 0. The first-order chi connectivity index (χ1) is 7.23. The summed E-state index contributed by atoms with van der Waals surface area (Å²) in [6.45, 7) is 1.93. The van der Waals surface area contributed by atoms with Crippen LogP contribution in [0.4, 0.5) is 0 Å². The molecule has 1 saturated heterocycles. The van der Waals surface area contributed by atoms with Crippen molar-refractivity contribution in [3.63, 3.8) is 0 Å². The summed E-state index contributed by atoms with van der Waals surface area (Å²) in [5, 5.41) is 0. The third-order valence-electron chi connectivity index (χ3n) is 4.02. The zero-order chi connectivity index (χ0) is 10.7. The van der Waals surface area contributed by atoms with Crippen molar-refractivity contribution in [2.45, 2.75) is 70.0 Å². The molecule has 0 aromatic rings. The van der Waals surface area contributed by atoms with Crippen LogP contribution >= 0.6 is 0 Å². The Morgan fingerprint density at radius 2 is 1.80 bits per heavy atom. The van der Waals surface area contributed by atoms with Crippen molar-refractivity contribution in [2.75, 3.05) is 0 Å². The fraction of sp³-hybridized carbons (Fsp3) is 0.923. The average molecular weight is 210 g/mol. The monoisotopic (exact) mass is 210 g/mol. The molecule has 1 heterocycles. The summed E-state index contributed by atoms with van der Waals surface area (Å²) in [5.74, 6) is 0.717. The summed E-state index contributed by atoms with van der Waals surface area (Å²) in [4.78, 5) is 10.9. The molecule has 1 aliphatic heterocycles. The molecule has 1 saturated carbocycles. The predicted molar refractivity (Wildman–Crippen MR) is 59.8 cm³/mol. The number of hydrogen-bond donors (Lipinski definition) is 0. The Bertz CT molecular complexity index is 219. The van der Waals surface area contributed by atoms with E-state index in [-0.39, 0.29) is 0 Å². The minimum atomic E-state index is -0.475. The van der Waals surface area contributed by atoms with Crippen molar-refractivity contribution in [2.24, 2.45) is 5.92 Å². The standard InChI is InChI=1S/C13H22O2/c1-13(10-14)9-8-12(15-13)11-6-4-2-3-5-7-11/h10-12H,2-9H2,1H3. The topological polar surface area (TPSA) is 26.3 Å². The summed E-state index contributed by atoms with van der Waals surface area (Å²) in [6, 6.07) is 0. The van der Waals surface area contributed by atoms with E-state index in [1.807, 2.05) is 6.92 Å². The second-order valence-corrected chi connectivity index (χ2v) is 5.38. The van der Waals surface area contributed by atoms with Gasteiger partial charge in [0.05, 0.1) is 6.10 Å². The number of carbonyl (C=O) groups is 1. The van der Waals surface area contributed by atoms with Gasteiger partial charge in [0, 0.05) is 0 Å². The van der Waals surface area contributed by atoms with Gasteiger partial charge in [-0.15, -0.1) is 0 Å². The van der Waals surface area contributed by atoms with E-state index in [9.17, 15) is 4.79 Å². The van der Waals surface area contributed by atoms with Crippen LogP contribution in [0.5, 0.6) is 0 Å². The molecule has 0 amide bonds. The van der Waals surface area contributed by atoms with Gasteiger partial charge in [0.2, 0.25) is 0 Å². The highest BCUT2D eigenvalue weighted by atomic mass is 16.5. The molecule has 1 aliphatic carbocycles. The molecule has 86 valence electrons. The van der Waals surface area contributed by atoms with Gasteiger partial charge in [0.1, 0.15) is 5.60 Å². The predicted octanol–water partition coefficient (Wildman–Crippen LogP) is 3.09. The maximum absolute atomic E-state index is 10.9. The van der Waals surface area contributed by atoms with Gasteiger partial charge in [-0.05, 0) is 38.5 Å². The Labute approximate surface area is 92.4 Å². The second-order valence-electron chi connectivity index (χ2n) is 5.38. The molecule has 2 aliphatic rings. The summed E-state index contributed by atoms with van der Waals surface area (Å²) in [5.41, 5.74) is -0.475. The van der Waals surface area contributed by atoms with E-state index < -0.39 is 5.60 Å².